The summed E-state index contributed by atoms with van der Waals surface area (Å²) < 4.78 is 2.63. The number of hydrogen-bond acceptors (Lipinski definition) is 2. The predicted molar refractivity (Wildman–Crippen MR) is 97.6 cm³/mol. The van der Waals surface area contributed by atoms with E-state index < -0.39 is 0 Å². The van der Waals surface area contributed by atoms with Crippen LogP contribution >= 0.6 is 0 Å². The number of rotatable bonds is 1. The van der Waals surface area contributed by atoms with Gasteiger partial charge in [-0.05, 0) is 24.5 Å². The van der Waals surface area contributed by atoms with Gasteiger partial charge < -0.3 is 12.4 Å². The minimum absolute atomic E-state index is 0. The molecular weight excluding hydrogens is 330 g/mol. The highest BCUT2D eigenvalue weighted by Gasteiger charge is 2.45. The topological polar surface area (TPSA) is 9.49 Å². The normalized spacial score (nSPS) is 21.8. The monoisotopic (exact) mass is 353 g/mol. The van der Waals surface area contributed by atoms with Gasteiger partial charge in [-0.15, -0.1) is 0 Å². The first-order valence-corrected chi connectivity index (χ1v) is 9.23. The average molecular weight is 354 g/mol. The number of benzene rings is 2. The van der Waals surface area contributed by atoms with Crippen molar-refractivity contribution >= 4 is 11.6 Å². The Hall–Kier alpha value is -2.00. The maximum absolute atomic E-state index is 2.67. The number of anilines is 1. The van der Waals surface area contributed by atoms with Gasteiger partial charge in [0.15, 0.2) is 0 Å². The van der Waals surface area contributed by atoms with Crippen molar-refractivity contribution in [2.75, 3.05) is 31.1 Å². The summed E-state index contributed by atoms with van der Waals surface area (Å²) >= 11 is 0. The second kappa shape index (κ2) is 6.72. The smallest absolute Gasteiger partial charge is 0.356 e. The fraction of sp³-hybridized carbons (Fsp3) is 0.381. The zero-order chi connectivity index (χ0) is 15.9. The van der Waals surface area contributed by atoms with E-state index in [1.54, 1.807) is 0 Å². The molecule has 0 radical (unpaired) electrons. The molecule has 0 N–H and O–H groups in total. The van der Waals surface area contributed by atoms with E-state index in [1.165, 1.54) is 55.1 Å². The summed E-state index contributed by atoms with van der Waals surface area (Å²) in [5.74, 6) is 1.45. The van der Waals surface area contributed by atoms with Crippen LogP contribution in [0.2, 0.25) is 0 Å². The van der Waals surface area contributed by atoms with E-state index in [-0.39, 0.29) is 12.4 Å². The van der Waals surface area contributed by atoms with Crippen molar-refractivity contribution in [2.24, 2.45) is 0 Å². The molecule has 0 spiro atoms. The van der Waals surface area contributed by atoms with Crippen LogP contribution in [0.3, 0.4) is 0 Å². The van der Waals surface area contributed by atoms with Crippen molar-refractivity contribution in [3.63, 3.8) is 0 Å². The molecule has 25 heavy (non-hydrogen) atoms. The molecule has 3 heterocycles. The van der Waals surface area contributed by atoms with E-state index in [0.717, 1.165) is 13.1 Å². The van der Waals surface area contributed by atoms with Crippen LogP contribution in [-0.4, -0.2) is 41.6 Å². The summed E-state index contributed by atoms with van der Waals surface area (Å²) in [5.41, 5.74) is 4.27. The van der Waals surface area contributed by atoms with Gasteiger partial charge in [-0.3, -0.25) is 9.48 Å². The minimum Gasteiger partial charge on any atom is -1.00 e. The molecule has 4 heteroatoms. The number of fused-ring (bicyclic) bond motifs is 2. The van der Waals surface area contributed by atoms with Gasteiger partial charge in [-0.25, -0.2) is 4.90 Å². The highest BCUT2D eigenvalue weighted by molar-refractivity contribution is 5.97. The first-order chi connectivity index (χ1) is 11.9. The first-order valence-electron chi connectivity index (χ1n) is 9.23. The van der Waals surface area contributed by atoms with E-state index in [4.69, 9.17) is 0 Å². The Kier molecular flexibility index (Phi) is 4.43. The van der Waals surface area contributed by atoms with Gasteiger partial charge in [0.1, 0.15) is 11.7 Å². The van der Waals surface area contributed by atoms with Crippen molar-refractivity contribution < 1.29 is 17.0 Å². The number of guanidine groups is 1. The molecule has 2 aromatic rings. The SMILES string of the molecule is [Cl-].c1ccc(C2c3ccccc3N3CCC[N+]4=C3N2CCCC4)cc1. The molecule has 2 aromatic carbocycles. The van der Waals surface area contributed by atoms with Crippen LogP contribution in [0.4, 0.5) is 5.69 Å². The highest BCUT2D eigenvalue weighted by Crippen LogP contribution is 2.41. The molecule has 0 amide bonds. The maximum Gasteiger partial charge on any atom is 0.356 e. The molecule has 1 atom stereocenters. The molecule has 130 valence electrons. The third-order valence-corrected chi connectivity index (χ3v) is 5.62. The number of halogens is 1. The number of para-hydroxylation sites is 1. The molecule has 1 unspecified atom stereocenters. The zero-order valence-corrected chi connectivity index (χ0v) is 15.2. The average Bonchev–Trinajstić information content (AvgIpc) is 2.87. The minimum atomic E-state index is 0. The zero-order valence-electron chi connectivity index (χ0n) is 14.4. The molecule has 5 rings (SSSR count). The van der Waals surface area contributed by atoms with E-state index in [2.05, 4.69) is 69.0 Å². The largest absolute Gasteiger partial charge is 1.00 e. The van der Waals surface area contributed by atoms with Crippen molar-refractivity contribution in [2.45, 2.75) is 25.3 Å². The number of hydrogen-bond donors (Lipinski definition) is 0. The quantitative estimate of drug-likeness (QED) is 0.689. The summed E-state index contributed by atoms with van der Waals surface area (Å²) in [5, 5.41) is 0. The van der Waals surface area contributed by atoms with Gasteiger partial charge in [0.2, 0.25) is 0 Å². The van der Waals surface area contributed by atoms with E-state index in [9.17, 15) is 0 Å². The van der Waals surface area contributed by atoms with Crippen LogP contribution in [0.5, 0.6) is 0 Å². The Morgan fingerprint density at radius 2 is 1.56 bits per heavy atom. The standard InChI is InChI=1S/C21H24N3.ClH/c1-2-9-17(10-3-1)20-18-11-4-5-12-19(18)23-16-8-14-22-13-6-7-15-24(20)21(22)23;/h1-5,9-12,20H,6-8,13-16H2;1H/q+1;/p-1. The van der Waals surface area contributed by atoms with Crippen molar-refractivity contribution in [3.05, 3.63) is 65.7 Å². The Bertz CT molecular complexity index is 787. The van der Waals surface area contributed by atoms with E-state index >= 15 is 0 Å². The molecule has 0 saturated heterocycles. The lowest BCUT2D eigenvalue weighted by atomic mass is 9.92. The van der Waals surface area contributed by atoms with Gasteiger partial charge in [0, 0.05) is 12.0 Å². The number of nitrogens with zero attached hydrogens (tertiary/aromatic N) is 3. The Morgan fingerprint density at radius 3 is 2.44 bits per heavy atom. The van der Waals surface area contributed by atoms with E-state index in [1.807, 2.05) is 0 Å². The van der Waals surface area contributed by atoms with Crippen LogP contribution in [-0.2, 0) is 0 Å². The fourth-order valence-electron chi connectivity index (χ4n) is 4.62. The van der Waals surface area contributed by atoms with Gasteiger partial charge in [0.05, 0.1) is 26.2 Å². The first kappa shape index (κ1) is 16.5. The summed E-state index contributed by atoms with van der Waals surface area (Å²) in [7, 11) is 0. The van der Waals surface area contributed by atoms with Crippen LogP contribution in [0, 0.1) is 0 Å². The molecular formula is C21H24ClN3. The predicted octanol–water partition coefficient (Wildman–Crippen LogP) is 0.468. The Morgan fingerprint density at radius 1 is 0.800 bits per heavy atom. The van der Waals surface area contributed by atoms with Crippen LogP contribution < -0.4 is 17.3 Å². The van der Waals surface area contributed by atoms with Gasteiger partial charge >= 0.3 is 5.96 Å². The lowest BCUT2D eigenvalue weighted by Crippen LogP contribution is -3.00. The molecule has 3 aliphatic heterocycles. The molecule has 0 aliphatic carbocycles. The highest BCUT2D eigenvalue weighted by atomic mass is 35.5. The second-order valence-electron chi connectivity index (χ2n) is 7.06. The maximum atomic E-state index is 2.67. The van der Waals surface area contributed by atoms with E-state index in [0.29, 0.717) is 6.04 Å². The lowest BCUT2D eigenvalue weighted by molar-refractivity contribution is -0.536. The van der Waals surface area contributed by atoms with Crippen molar-refractivity contribution in [3.8, 4) is 0 Å². The van der Waals surface area contributed by atoms with Crippen LogP contribution in [0.15, 0.2) is 54.6 Å². The fourth-order valence-corrected chi connectivity index (χ4v) is 4.62. The molecule has 3 nitrogen and oxygen atoms in total. The molecule has 0 aromatic heterocycles. The third kappa shape index (κ3) is 2.62. The summed E-state index contributed by atoms with van der Waals surface area (Å²) in [6.45, 7) is 4.69. The molecule has 3 aliphatic rings. The summed E-state index contributed by atoms with van der Waals surface area (Å²) in [6, 6.07) is 20.4. The van der Waals surface area contributed by atoms with Crippen molar-refractivity contribution in [1.29, 1.82) is 0 Å². The Balaban J connectivity index is 0.00000157. The molecule has 0 fully saturated rings. The Labute approximate surface area is 156 Å². The molecule has 0 saturated carbocycles. The van der Waals surface area contributed by atoms with Gasteiger partial charge in [0.25, 0.3) is 0 Å². The second-order valence-corrected chi connectivity index (χ2v) is 7.06. The van der Waals surface area contributed by atoms with Gasteiger partial charge in [-0.1, -0.05) is 48.5 Å². The third-order valence-electron chi connectivity index (χ3n) is 5.62. The summed E-state index contributed by atoms with van der Waals surface area (Å²) in [6.07, 6.45) is 3.83. The van der Waals surface area contributed by atoms with Crippen LogP contribution in [0.25, 0.3) is 0 Å². The van der Waals surface area contributed by atoms with Crippen LogP contribution in [0.1, 0.15) is 36.4 Å². The summed E-state index contributed by atoms with van der Waals surface area (Å²) in [4.78, 5) is 5.24. The lowest BCUT2D eigenvalue weighted by Gasteiger charge is -2.41. The van der Waals surface area contributed by atoms with Gasteiger partial charge in [-0.2, -0.15) is 0 Å². The molecule has 0 bridgehead atoms. The van der Waals surface area contributed by atoms with Crippen molar-refractivity contribution in [1.82, 2.24) is 4.90 Å².